The zero-order valence-corrected chi connectivity index (χ0v) is 9.45. The van der Waals surface area contributed by atoms with Crippen molar-refractivity contribution in [1.82, 2.24) is 0 Å². The fraction of sp³-hybridized carbons (Fsp3) is 0.455. The molecule has 0 bridgehead atoms. The van der Waals surface area contributed by atoms with Gasteiger partial charge in [0.2, 0.25) is 0 Å². The molecule has 0 fully saturated rings. The molecule has 0 saturated heterocycles. The van der Waals surface area contributed by atoms with Gasteiger partial charge in [-0.1, -0.05) is 20.8 Å². The fourth-order valence-electron chi connectivity index (χ4n) is 1.31. The van der Waals surface area contributed by atoms with Crippen molar-refractivity contribution in [2.45, 2.75) is 32.5 Å². The molecule has 0 saturated carbocycles. The van der Waals surface area contributed by atoms with Crippen LogP contribution in [0.1, 0.15) is 26.3 Å². The first-order chi connectivity index (χ1) is 7.50. The van der Waals surface area contributed by atoms with Crippen molar-refractivity contribution in [2.24, 2.45) is 0 Å². The van der Waals surface area contributed by atoms with Crippen LogP contribution in [0.5, 0.6) is 5.75 Å². The molecule has 1 aromatic rings. The molecule has 0 heterocycles. The van der Waals surface area contributed by atoms with Gasteiger partial charge in [0.05, 0.1) is 0 Å². The molecule has 0 atom stereocenters. The molecule has 6 heteroatoms. The maximum absolute atomic E-state index is 13.5. The van der Waals surface area contributed by atoms with Crippen LogP contribution in [0.3, 0.4) is 0 Å². The molecule has 1 aromatic carbocycles. The second kappa shape index (κ2) is 4.16. The highest BCUT2D eigenvalue weighted by atomic mass is 19.4. The summed E-state index contributed by atoms with van der Waals surface area (Å²) in [6.45, 7) is 4.86. The Morgan fingerprint density at radius 3 is 1.88 bits per heavy atom. The monoisotopic (exact) mass is 254 g/mol. The summed E-state index contributed by atoms with van der Waals surface area (Å²) >= 11 is 0. The quantitative estimate of drug-likeness (QED) is 0.684. The van der Waals surface area contributed by atoms with E-state index in [2.05, 4.69) is 4.74 Å². The van der Waals surface area contributed by atoms with Gasteiger partial charge in [0, 0.05) is 6.07 Å². The number of alkyl halides is 3. The molecule has 0 aromatic heterocycles. The predicted molar refractivity (Wildman–Crippen MR) is 51.7 cm³/mol. The molecule has 1 rings (SSSR count). The number of benzene rings is 1. The standard InChI is InChI=1S/C11H11F5O/c1-10(2,3)6-4-8(13)9(5-7(6)12)17-11(14,15)16/h4-5H,1-3H3. The van der Waals surface area contributed by atoms with E-state index in [-0.39, 0.29) is 5.56 Å². The van der Waals surface area contributed by atoms with Crippen LogP contribution >= 0.6 is 0 Å². The average Bonchev–Trinajstić information content (AvgIpc) is 2.06. The van der Waals surface area contributed by atoms with Crippen molar-refractivity contribution in [3.05, 3.63) is 29.3 Å². The first-order valence-electron chi connectivity index (χ1n) is 4.76. The van der Waals surface area contributed by atoms with Crippen molar-refractivity contribution < 1.29 is 26.7 Å². The van der Waals surface area contributed by atoms with E-state index in [0.717, 1.165) is 6.07 Å². The number of ether oxygens (including phenoxy) is 1. The smallest absolute Gasteiger partial charge is 0.403 e. The van der Waals surface area contributed by atoms with Crippen molar-refractivity contribution in [2.75, 3.05) is 0 Å². The molecule has 0 radical (unpaired) electrons. The van der Waals surface area contributed by atoms with Crippen LogP contribution in [0.15, 0.2) is 12.1 Å². The molecule has 17 heavy (non-hydrogen) atoms. The fourth-order valence-corrected chi connectivity index (χ4v) is 1.31. The molecule has 0 aliphatic carbocycles. The third-order valence-electron chi connectivity index (χ3n) is 2.06. The molecule has 0 unspecified atom stereocenters. The average molecular weight is 254 g/mol. The zero-order valence-electron chi connectivity index (χ0n) is 9.45. The highest BCUT2D eigenvalue weighted by Crippen LogP contribution is 2.32. The van der Waals surface area contributed by atoms with E-state index in [1.54, 1.807) is 20.8 Å². The Kier molecular flexibility index (Phi) is 3.36. The Morgan fingerprint density at radius 2 is 1.47 bits per heavy atom. The van der Waals surface area contributed by atoms with E-state index < -0.39 is 29.2 Å². The molecule has 0 amide bonds. The molecule has 96 valence electrons. The summed E-state index contributed by atoms with van der Waals surface area (Å²) < 4.78 is 65.8. The lowest BCUT2D eigenvalue weighted by atomic mass is 9.86. The van der Waals surface area contributed by atoms with Gasteiger partial charge in [-0.05, 0) is 17.0 Å². The van der Waals surface area contributed by atoms with Gasteiger partial charge in [-0.15, -0.1) is 13.2 Å². The van der Waals surface area contributed by atoms with Crippen LogP contribution in [-0.4, -0.2) is 6.36 Å². The third-order valence-corrected chi connectivity index (χ3v) is 2.06. The minimum atomic E-state index is -5.05. The van der Waals surface area contributed by atoms with E-state index in [4.69, 9.17) is 0 Å². The third kappa shape index (κ3) is 3.57. The SMILES string of the molecule is CC(C)(C)c1cc(F)c(OC(F)(F)F)cc1F. The number of hydrogen-bond donors (Lipinski definition) is 0. The normalized spacial score (nSPS) is 12.7. The summed E-state index contributed by atoms with van der Waals surface area (Å²) in [7, 11) is 0. The predicted octanol–water partition coefficient (Wildman–Crippen LogP) is 4.16. The largest absolute Gasteiger partial charge is 0.573 e. The Labute approximate surface area is 95.2 Å². The topological polar surface area (TPSA) is 9.23 Å². The molecule has 0 N–H and O–H groups in total. The van der Waals surface area contributed by atoms with Crippen LogP contribution in [0, 0.1) is 11.6 Å². The van der Waals surface area contributed by atoms with Crippen LogP contribution in [0.25, 0.3) is 0 Å². The van der Waals surface area contributed by atoms with E-state index in [0.29, 0.717) is 6.07 Å². The highest BCUT2D eigenvalue weighted by molar-refractivity contribution is 5.34. The summed E-state index contributed by atoms with van der Waals surface area (Å²) in [5.74, 6) is -3.34. The minimum Gasteiger partial charge on any atom is -0.403 e. The summed E-state index contributed by atoms with van der Waals surface area (Å²) in [6.07, 6.45) is -5.05. The lowest BCUT2D eigenvalue weighted by Gasteiger charge is -2.20. The molecule has 0 aliphatic heterocycles. The molecule has 0 aliphatic rings. The van der Waals surface area contributed by atoms with Gasteiger partial charge >= 0.3 is 6.36 Å². The summed E-state index contributed by atoms with van der Waals surface area (Å²) in [6, 6.07) is 1.12. The minimum absolute atomic E-state index is 0.00970. The van der Waals surface area contributed by atoms with E-state index in [9.17, 15) is 22.0 Å². The Morgan fingerprint density at radius 1 is 0.941 bits per heavy atom. The molecular formula is C11H11F5O. The maximum Gasteiger partial charge on any atom is 0.573 e. The van der Waals surface area contributed by atoms with E-state index >= 15 is 0 Å². The maximum atomic E-state index is 13.5. The number of hydrogen-bond acceptors (Lipinski definition) is 1. The molecule has 0 spiro atoms. The molecular weight excluding hydrogens is 243 g/mol. The number of halogens is 5. The summed E-state index contributed by atoms with van der Waals surface area (Å²) in [5.41, 5.74) is -0.716. The van der Waals surface area contributed by atoms with Gasteiger partial charge in [0.25, 0.3) is 0 Å². The van der Waals surface area contributed by atoms with Crippen LogP contribution in [-0.2, 0) is 5.41 Å². The summed E-state index contributed by atoms with van der Waals surface area (Å²) in [5, 5.41) is 0. The Bertz CT molecular complexity index is 417. The lowest BCUT2D eigenvalue weighted by molar-refractivity contribution is -0.275. The van der Waals surface area contributed by atoms with Crippen molar-refractivity contribution in [3.8, 4) is 5.75 Å². The highest BCUT2D eigenvalue weighted by Gasteiger charge is 2.33. The Hall–Kier alpha value is -1.33. The van der Waals surface area contributed by atoms with Gasteiger partial charge < -0.3 is 4.74 Å². The van der Waals surface area contributed by atoms with E-state index in [1.807, 2.05) is 0 Å². The van der Waals surface area contributed by atoms with Gasteiger partial charge in [-0.3, -0.25) is 0 Å². The zero-order chi connectivity index (χ0) is 13.4. The van der Waals surface area contributed by atoms with Crippen LogP contribution in [0.4, 0.5) is 22.0 Å². The van der Waals surface area contributed by atoms with Gasteiger partial charge in [0.15, 0.2) is 11.6 Å². The lowest BCUT2D eigenvalue weighted by Crippen LogP contribution is -2.19. The second-order valence-electron chi connectivity index (χ2n) is 4.56. The van der Waals surface area contributed by atoms with Crippen molar-refractivity contribution >= 4 is 0 Å². The van der Waals surface area contributed by atoms with Crippen LogP contribution < -0.4 is 4.74 Å². The number of rotatable bonds is 1. The first-order valence-corrected chi connectivity index (χ1v) is 4.76. The molecule has 1 nitrogen and oxygen atoms in total. The van der Waals surface area contributed by atoms with Crippen molar-refractivity contribution in [1.29, 1.82) is 0 Å². The van der Waals surface area contributed by atoms with Gasteiger partial charge in [0.1, 0.15) is 5.82 Å². The van der Waals surface area contributed by atoms with Gasteiger partial charge in [-0.25, -0.2) is 8.78 Å². The van der Waals surface area contributed by atoms with Crippen LogP contribution in [0.2, 0.25) is 0 Å². The summed E-state index contributed by atoms with van der Waals surface area (Å²) in [4.78, 5) is 0. The van der Waals surface area contributed by atoms with Gasteiger partial charge in [-0.2, -0.15) is 0 Å². The first kappa shape index (κ1) is 13.7. The Balaban J connectivity index is 3.19. The van der Waals surface area contributed by atoms with Crippen molar-refractivity contribution in [3.63, 3.8) is 0 Å². The second-order valence-corrected chi connectivity index (χ2v) is 4.56. The van der Waals surface area contributed by atoms with E-state index in [1.165, 1.54) is 0 Å².